The van der Waals surface area contributed by atoms with Gasteiger partial charge >= 0.3 is 0 Å². The Bertz CT molecular complexity index is 347. The third-order valence-corrected chi connectivity index (χ3v) is 2.37. The molecule has 0 atom stereocenters. The topological polar surface area (TPSA) is 12.4 Å². The van der Waals surface area contributed by atoms with Crippen molar-refractivity contribution in [2.45, 2.75) is 6.42 Å². The third-order valence-electron chi connectivity index (χ3n) is 1.65. The van der Waals surface area contributed by atoms with Crippen LogP contribution in [0.3, 0.4) is 0 Å². The number of halogens is 2. The van der Waals surface area contributed by atoms with Gasteiger partial charge in [0, 0.05) is 22.8 Å². The molecule has 0 fully saturated rings. The Morgan fingerprint density at radius 1 is 1.50 bits per heavy atom. The zero-order chi connectivity index (χ0) is 10.4. The summed E-state index contributed by atoms with van der Waals surface area (Å²) in [5, 5.41) is 0. The van der Waals surface area contributed by atoms with Crippen molar-refractivity contribution in [3.63, 3.8) is 0 Å². The zero-order valence-electron chi connectivity index (χ0n) is 7.71. The molecule has 0 amide bonds. The highest BCUT2D eigenvalue weighted by molar-refractivity contribution is 9.10. The molecule has 14 heavy (non-hydrogen) atoms. The van der Waals surface area contributed by atoms with Gasteiger partial charge in [-0.05, 0) is 24.6 Å². The van der Waals surface area contributed by atoms with Gasteiger partial charge in [0.25, 0.3) is 0 Å². The Morgan fingerprint density at radius 2 is 2.29 bits per heavy atom. The quantitative estimate of drug-likeness (QED) is 0.443. The van der Waals surface area contributed by atoms with Gasteiger partial charge in [-0.1, -0.05) is 22.0 Å². The highest BCUT2D eigenvalue weighted by Crippen LogP contribution is 2.15. The number of hydrogen-bond acceptors (Lipinski definition) is 1. The first-order valence-electron chi connectivity index (χ1n) is 4.30. The van der Waals surface area contributed by atoms with E-state index >= 15 is 0 Å². The summed E-state index contributed by atoms with van der Waals surface area (Å²) in [7, 11) is 0. The average molecular weight is 256 g/mol. The van der Waals surface area contributed by atoms with E-state index in [0.717, 1.165) is 16.5 Å². The SMILES string of the molecule is C=CCCN=Cc1cc(F)ccc1Br. The minimum atomic E-state index is -0.252. The number of aliphatic imine (C=N–C) groups is 1. The van der Waals surface area contributed by atoms with Gasteiger partial charge in [-0.25, -0.2) is 4.39 Å². The molecule has 0 aliphatic carbocycles. The Kier molecular flexibility index (Phi) is 4.53. The van der Waals surface area contributed by atoms with Gasteiger partial charge in [-0.2, -0.15) is 0 Å². The molecular formula is C11H11BrFN. The van der Waals surface area contributed by atoms with E-state index in [-0.39, 0.29) is 5.82 Å². The molecule has 0 radical (unpaired) electrons. The number of hydrogen-bond donors (Lipinski definition) is 0. The van der Waals surface area contributed by atoms with E-state index < -0.39 is 0 Å². The van der Waals surface area contributed by atoms with Gasteiger partial charge in [0.1, 0.15) is 5.82 Å². The van der Waals surface area contributed by atoms with Crippen molar-refractivity contribution in [2.24, 2.45) is 4.99 Å². The molecule has 0 heterocycles. The van der Waals surface area contributed by atoms with Crippen LogP contribution in [-0.4, -0.2) is 12.8 Å². The molecule has 0 unspecified atom stereocenters. The fourth-order valence-electron chi connectivity index (χ4n) is 0.942. The molecule has 1 nitrogen and oxygen atoms in total. The molecular weight excluding hydrogens is 245 g/mol. The van der Waals surface area contributed by atoms with Gasteiger partial charge in [0.2, 0.25) is 0 Å². The van der Waals surface area contributed by atoms with Crippen LogP contribution in [0.5, 0.6) is 0 Å². The predicted molar refractivity (Wildman–Crippen MR) is 61.4 cm³/mol. The maximum atomic E-state index is 12.8. The second kappa shape index (κ2) is 5.70. The van der Waals surface area contributed by atoms with E-state index in [1.807, 2.05) is 0 Å². The van der Waals surface area contributed by atoms with Gasteiger partial charge in [-0.3, -0.25) is 4.99 Å². The second-order valence-corrected chi connectivity index (χ2v) is 3.63. The highest BCUT2D eigenvalue weighted by atomic mass is 79.9. The Morgan fingerprint density at radius 3 is 3.00 bits per heavy atom. The van der Waals surface area contributed by atoms with E-state index in [2.05, 4.69) is 27.5 Å². The van der Waals surface area contributed by atoms with Crippen LogP contribution in [0.4, 0.5) is 4.39 Å². The summed E-state index contributed by atoms with van der Waals surface area (Å²) in [6.45, 7) is 4.28. The second-order valence-electron chi connectivity index (χ2n) is 2.78. The maximum Gasteiger partial charge on any atom is 0.123 e. The molecule has 1 aromatic rings. The minimum Gasteiger partial charge on any atom is -0.292 e. The largest absolute Gasteiger partial charge is 0.292 e. The van der Waals surface area contributed by atoms with Crippen molar-refractivity contribution in [1.82, 2.24) is 0 Å². The summed E-state index contributed by atoms with van der Waals surface area (Å²) in [5.74, 6) is -0.252. The lowest BCUT2D eigenvalue weighted by atomic mass is 10.2. The van der Waals surface area contributed by atoms with Gasteiger partial charge in [0.15, 0.2) is 0 Å². The summed E-state index contributed by atoms with van der Waals surface area (Å²) >= 11 is 3.32. The fraction of sp³-hybridized carbons (Fsp3) is 0.182. The van der Waals surface area contributed by atoms with Gasteiger partial charge in [0.05, 0.1) is 0 Å². The summed E-state index contributed by atoms with van der Waals surface area (Å²) in [5.41, 5.74) is 0.758. The van der Waals surface area contributed by atoms with Crippen molar-refractivity contribution in [3.8, 4) is 0 Å². The van der Waals surface area contributed by atoms with Crippen molar-refractivity contribution < 1.29 is 4.39 Å². The summed E-state index contributed by atoms with van der Waals surface area (Å²) < 4.78 is 13.7. The minimum absolute atomic E-state index is 0.252. The lowest BCUT2D eigenvalue weighted by Crippen LogP contribution is -1.87. The molecule has 1 rings (SSSR count). The zero-order valence-corrected chi connectivity index (χ0v) is 9.30. The first-order valence-corrected chi connectivity index (χ1v) is 5.09. The third kappa shape index (κ3) is 3.42. The van der Waals surface area contributed by atoms with E-state index in [0.29, 0.717) is 6.54 Å². The number of rotatable bonds is 4. The van der Waals surface area contributed by atoms with Crippen molar-refractivity contribution in [2.75, 3.05) is 6.54 Å². The first-order chi connectivity index (χ1) is 6.74. The van der Waals surface area contributed by atoms with Crippen LogP contribution in [0.2, 0.25) is 0 Å². The summed E-state index contributed by atoms with van der Waals surface area (Å²) in [6.07, 6.45) is 4.30. The number of nitrogens with zero attached hydrogens (tertiary/aromatic N) is 1. The van der Waals surface area contributed by atoms with Crippen LogP contribution in [0.25, 0.3) is 0 Å². The lowest BCUT2D eigenvalue weighted by Gasteiger charge is -1.97. The molecule has 1 aromatic carbocycles. The molecule has 0 aliphatic heterocycles. The fourth-order valence-corrected chi connectivity index (χ4v) is 1.29. The van der Waals surface area contributed by atoms with Crippen LogP contribution in [-0.2, 0) is 0 Å². The summed E-state index contributed by atoms with van der Waals surface area (Å²) in [4.78, 5) is 4.14. The highest BCUT2D eigenvalue weighted by Gasteiger charge is 1.97. The molecule has 0 bridgehead atoms. The summed E-state index contributed by atoms with van der Waals surface area (Å²) in [6, 6.07) is 4.52. The first kappa shape index (κ1) is 11.1. The van der Waals surface area contributed by atoms with Crippen LogP contribution in [0.1, 0.15) is 12.0 Å². The van der Waals surface area contributed by atoms with Crippen LogP contribution >= 0.6 is 15.9 Å². The molecule has 74 valence electrons. The van der Waals surface area contributed by atoms with Crippen molar-refractivity contribution >= 4 is 22.1 Å². The molecule has 0 saturated carbocycles. The van der Waals surface area contributed by atoms with Crippen LogP contribution in [0.15, 0.2) is 40.3 Å². The van der Waals surface area contributed by atoms with Crippen molar-refractivity contribution in [3.05, 3.63) is 46.7 Å². The Balaban J connectivity index is 2.70. The lowest BCUT2D eigenvalue weighted by molar-refractivity contribution is 0.627. The van der Waals surface area contributed by atoms with Gasteiger partial charge in [-0.15, -0.1) is 6.58 Å². The Labute approximate surface area is 91.5 Å². The van der Waals surface area contributed by atoms with E-state index in [4.69, 9.17) is 0 Å². The normalized spacial score (nSPS) is 10.7. The van der Waals surface area contributed by atoms with Crippen molar-refractivity contribution in [1.29, 1.82) is 0 Å². The molecule has 0 aliphatic rings. The van der Waals surface area contributed by atoms with Crippen LogP contribution in [0, 0.1) is 5.82 Å². The van der Waals surface area contributed by atoms with E-state index in [1.54, 1.807) is 18.4 Å². The molecule has 0 aromatic heterocycles. The maximum absolute atomic E-state index is 12.8. The smallest absolute Gasteiger partial charge is 0.123 e. The van der Waals surface area contributed by atoms with E-state index in [9.17, 15) is 4.39 Å². The predicted octanol–water partition coefficient (Wildman–Crippen LogP) is 3.58. The van der Waals surface area contributed by atoms with E-state index in [1.165, 1.54) is 12.1 Å². The Hall–Kier alpha value is -0.960. The van der Waals surface area contributed by atoms with Gasteiger partial charge < -0.3 is 0 Å². The average Bonchev–Trinajstić information content (AvgIpc) is 2.18. The standard InChI is InChI=1S/C11H11BrFN/c1-2-3-6-14-8-9-7-10(13)4-5-11(9)12/h2,4-5,7-8H,1,3,6H2. The van der Waals surface area contributed by atoms with Crippen LogP contribution < -0.4 is 0 Å². The molecule has 3 heteroatoms. The molecule has 0 saturated heterocycles. The number of benzene rings is 1. The monoisotopic (exact) mass is 255 g/mol. The molecule has 0 spiro atoms. The molecule has 0 N–H and O–H groups in total.